The van der Waals surface area contributed by atoms with Gasteiger partial charge in [0.2, 0.25) is 5.16 Å². The van der Waals surface area contributed by atoms with Crippen molar-refractivity contribution in [2.24, 2.45) is 0 Å². The Balaban J connectivity index is 1.72. The van der Waals surface area contributed by atoms with E-state index in [9.17, 15) is 0 Å². The van der Waals surface area contributed by atoms with Gasteiger partial charge in [-0.3, -0.25) is 0 Å². The highest BCUT2D eigenvalue weighted by atomic mass is 35.5. The number of rotatable bonds is 3. The standard InChI is InChI=1S/C14H8ClN5S2/c15-10-7-4-8-11-12(10)16-14(21-11)22-13-17-18-19-20(13)9-5-2-1-3-6-9/h1-8H. The minimum absolute atomic E-state index is 0.656. The van der Waals surface area contributed by atoms with Crippen LogP contribution < -0.4 is 0 Å². The largest absolute Gasteiger partial charge is 0.228 e. The molecule has 0 unspecified atom stereocenters. The van der Waals surface area contributed by atoms with Crippen molar-refractivity contribution in [3.63, 3.8) is 0 Å². The summed E-state index contributed by atoms with van der Waals surface area (Å²) < 4.78 is 3.60. The lowest BCUT2D eigenvalue weighted by Gasteiger charge is -2.01. The molecule has 0 spiro atoms. The van der Waals surface area contributed by atoms with Gasteiger partial charge in [0.1, 0.15) is 5.52 Å². The second kappa shape index (κ2) is 5.68. The molecule has 4 rings (SSSR count). The molecular weight excluding hydrogens is 338 g/mol. The SMILES string of the molecule is Clc1cccc2sc(Sc3nnnn3-c3ccccc3)nc12. The molecule has 0 amide bonds. The van der Waals surface area contributed by atoms with E-state index in [0.29, 0.717) is 10.2 Å². The topological polar surface area (TPSA) is 56.5 Å². The number of hydrogen-bond acceptors (Lipinski definition) is 6. The van der Waals surface area contributed by atoms with Crippen LogP contribution >= 0.6 is 34.7 Å². The van der Waals surface area contributed by atoms with Crippen LogP contribution in [0, 0.1) is 0 Å². The van der Waals surface area contributed by atoms with Crippen LogP contribution in [-0.2, 0) is 0 Å². The van der Waals surface area contributed by atoms with E-state index in [-0.39, 0.29) is 0 Å². The van der Waals surface area contributed by atoms with Gasteiger partial charge in [0.25, 0.3) is 0 Å². The molecule has 0 aliphatic heterocycles. The molecule has 0 saturated heterocycles. The molecule has 22 heavy (non-hydrogen) atoms. The molecule has 2 heterocycles. The van der Waals surface area contributed by atoms with Gasteiger partial charge in [-0.05, 0) is 46.5 Å². The summed E-state index contributed by atoms with van der Waals surface area (Å²) in [6, 6.07) is 15.5. The summed E-state index contributed by atoms with van der Waals surface area (Å²) >= 11 is 9.17. The quantitative estimate of drug-likeness (QED) is 0.560. The molecule has 5 nitrogen and oxygen atoms in total. The highest BCUT2D eigenvalue weighted by Crippen LogP contribution is 2.36. The van der Waals surface area contributed by atoms with E-state index in [0.717, 1.165) is 20.2 Å². The molecule has 0 bridgehead atoms. The van der Waals surface area contributed by atoms with Crippen LogP contribution in [-0.4, -0.2) is 25.2 Å². The van der Waals surface area contributed by atoms with Crippen molar-refractivity contribution in [3.8, 4) is 5.69 Å². The maximum Gasteiger partial charge on any atom is 0.221 e. The third kappa shape index (κ3) is 2.47. The predicted octanol–water partition coefficient (Wildman–Crippen LogP) is 4.08. The summed E-state index contributed by atoms with van der Waals surface area (Å²) in [7, 11) is 0. The number of hydrogen-bond donors (Lipinski definition) is 0. The summed E-state index contributed by atoms with van der Waals surface area (Å²) in [5.74, 6) is 0. The lowest BCUT2D eigenvalue weighted by Crippen LogP contribution is -1.98. The third-order valence-electron chi connectivity index (χ3n) is 2.97. The lowest BCUT2D eigenvalue weighted by molar-refractivity contribution is 0.756. The van der Waals surface area contributed by atoms with Crippen LogP contribution in [0.5, 0.6) is 0 Å². The smallest absolute Gasteiger partial charge is 0.221 e. The molecule has 0 N–H and O–H groups in total. The average Bonchev–Trinajstić information content (AvgIpc) is 3.16. The molecular formula is C14H8ClN5S2. The van der Waals surface area contributed by atoms with E-state index >= 15 is 0 Å². The van der Waals surface area contributed by atoms with Crippen molar-refractivity contribution in [3.05, 3.63) is 53.6 Å². The Morgan fingerprint density at radius 2 is 1.91 bits per heavy atom. The molecule has 0 radical (unpaired) electrons. The van der Waals surface area contributed by atoms with E-state index in [1.165, 1.54) is 11.8 Å². The number of tetrazole rings is 1. The number of para-hydroxylation sites is 2. The molecule has 2 aromatic heterocycles. The van der Waals surface area contributed by atoms with Gasteiger partial charge >= 0.3 is 0 Å². The fourth-order valence-corrected chi connectivity index (χ4v) is 4.25. The maximum atomic E-state index is 6.17. The Hall–Kier alpha value is -1.96. The summed E-state index contributed by atoms with van der Waals surface area (Å²) in [4.78, 5) is 4.56. The van der Waals surface area contributed by atoms with Gasteiger partial charge < -0.3 is 0 Å². The summed E-state index contributed by atoms with van der Waals surface area (Å²) in [5.41, 5.74) is 1.73. The number of fused-ring (bicyclic) bond motifs is 1. The monoisotopic (exact) mass is 345 g/mol. The highest BCUT2D eigenvalue weighted by Gasteiger charge is 2.14. The zero-order valence-corrected chi connectivity index (χ0v) is 13.4. The van der Waals surface area contributed by atoms with Crippen molar-refractivity contribution in [1.29, 1.82) is 0 Å². The van der Waals surface area contributed by atoms with Crippen LogP contribution in [0.3, 0.4) is 0 Å². The summed E-state index contributed by atoms with van der Waals surface area (Å²) in [6.07, 6.45) is 0. The van der Waals surface area contributed by atoms with Crippen molar-refractivity contribution >= 4 is 44.9 Å². The van der Waals surface area contributed by atoms with E-state index in [4.69, 9.17) is 11.6 Å². The van der Waals surface area contributed by atoms with E-state index in [1.54, 1.807) is 16.0 Å². The van der Waals surface area contributed by atoms with Crippen molar-refractivity contribution < 1.29 is 0 Å². The fourth-order valence-electron chi connectivity index (χ4n) is 1.99. The number of thiazole rings is 1. The summed E-state index contributed by atoms with van der Waals surface area (Å²) in [6.45, 7) is 0. The first-order valence-electron chi connectivity index (χ1n) is 6.38. The number of aromatic nitrogens is 5. The fraction of sp³-hybridized carbons (Fsp3) is 0. The van der Waals surface area contributed by atoms with Gasteiger partial charge in [-0.2, -0.15) is 4.68 Å². The van der Waals surface area contributed by atoms with Gasteiger partial charge in [0, 0.05) is 0 Å². The first-order chi connectivity index (χ1) is 10.8. The van der Waals surface area contributed by atoms with Crippen molar-refractivity contribution in [2.45, 2.75) is 9.50 Å². The van der Waals surface area contributed by atoms with E-state index < -0.39 is 0 Å². The number of benzene rings is 2. The van der Waals surface area contributed by atoms with Gasteiger partial charge in [0.15, 0.2) is 4.34 Å². The molecule has 2 aromatic carbocycles. The Morgan fingerprint density at radius 1 is 1.05 bits per heavy atom. The molecule has 8 heteroatoms. The predicted molar refractivity (Wildman–Crippen MR) is 87.9 cm³/mol. The first kappa shape index (κ1) is 13.7. The Labute approximate surface area is 138 Å². The van der Waals surface area contributed by atoms with Crippen LogP contribution in [0.25, 0.3) is 15.9 Å². The Bertz CT molecular complexity index is 935. The highest BCUT2D eigenvalue weighted by molar-refractivity contribution is 8.01. The van der Waals surface area contributed by atoms with Crippen LogP contribution in [0.2, 0.25) is 5.02 Å². The van der Waals surface area contributed by atoms with Crippen molar-refractivity contribution in [2.75, 3.05) is 0 Å². The summed E-state index contributed by atoms with van der Waals surface area (Å²) in [5, 5.41) is 13.2. The van der Waals surface area contributed by atoms with E-state index in [2.05, 4.69) is 20.5 Å². The van der Waals surface area contributed by atoms with Crippen LogP contribution in [0.15, 0.2) is 58.0 Å². The van der Waals surface area contributed by atoms with Gasteiger partial charge in [0.05, 0.1) is 15.4 Å². The normalized spacial score (nSPS) is 11.1. The van der Waals surface area contributed by atoms with Gasteiger partial charge in [-0.1, -0.05) is 35.9 Å². The number of nitrogens with zero attached hydrogens (tertiary/aromatic N) is 5. The number of halogens is 1. The van der Waals surface area contributed by atoms with Gasteiger partial charge in [-0.25, -0.2) is 4.98 Å². The Kier molecular flexibility index (Phi) is 3.53. The molecule has 0 saturated carbocycles. The molecule has 0 atom stereocenters. The lowest BCUT2D eigenvalue weighted by atomic mass is 10.3. The second-order valence-electron chi connectivity index (χ2n) is 4.38. The molecule has 4 aromatic rings. The first-order valence-corrected chi connectivity index (χ1v) is 8.39. The molecule has 0 fully saturated rings. The molecule has 108 valence electrons. The average molecular weight is 346 g/mol. The molecule has 0 aliphatic rings. The van der Waals surface area contributed by atoms with Crippen molar-refractivity contribution in [1.82, 2.24) is 25.2 Å². The Morgan fingerprint density at radius 3 is 2.73 bits per heavy atom. The van der Waals surface area contributed by atoms with Crippen LogP contribution in [0.1, 0.15) is 0 Å². The minimum atomic E-state index is 0.656. The third-order valence-corrected chi connectivity index (χ3v) is 5.29. The van der Waals surface area contributed by atoms with E-state index in [1.807, 2.05) is 48.5 Å². The van der Waals surface area contributed by atoms with Gasteiger partial charge in [-0.15, -0.1) is 16.4 Å². The zero-order valence-electron chi connectivity index (χ0n) is 11.0. The minimum Gasteiger partial charge on any atom is -0.228 e. The van der Waals surface area contributed by atoms with Crippen LogP contribution in [0.4, 0.5) is 0 Å². The molecule has 0 aliphatic carbocycles. The maximum absolute atomic E-state index is 6.17. The zero-order chi connectivity index (χ0) is 14.9. The second-order valence-corrected chi connectivity index (χ2v) is 7.03.